The van der Waals surface area contributed by atoms with Crippen LogP contribution >= 0.6 is 24.0 Å². The molecule has 2 N–H and O–H groups in total. The molecule has 1 aromatic rings. The molecule has 5 heteroatoms. The van der Waals surface area contributed by atoms with Crippen molar-refractivity contribution < 1.29 is 4.74 Å². The SMILES string of the molecule is COc1cc(C)ccc1CN=C(N)N(C)C1CC1.I. The number of nitrogens with two attached hydrogens (primary N) is 1. The van der Waals surface area contributed by atoms with Crippen molar-refractivity contribution in [1.29, 1.82) is 0 Å². The molecule has 0 radical (unpaired) electrons. The Kier molecular flexibility index (Phi) is 5.90. The number of methoxy groups -OCH3 is 1. The van der Waals surface area contributed by atoms with Gasteiger partial charge in [-0.15, -0.1) is 24.0 Å². The van der Waals surface area contributed by atoms with Crippen LogP contribution in [-0.2, 0) is 6.54 Å². The van der Waals surface area contributed by atoms with Crippen LogP contribution in [0, 0.1) is 6.92 Å². The Morgan fingerprint density at radius 1 is 1.47 bits per heavy atom. The van der Waals surface area contributed by atoms with E-state index in [1.807, 2.05) is 26.1 Å². The molecule has 0 amide bonds. The maximum atomic E-state index is 5.96. The van der Waals surface area contributed by atoms with Gasteiger partial charge in [-0.25, -0.2) is 4.99 Å². The zero-order chi connectivity index (χ0) is 13.1. The molecular formula is C14H22IN3O. The summed E-state index contributed by atoms with van der Waals surface area (Å²) in [4.78, 5) is 6.49. The molecule has 2 rings (SSSR count). The number of halogens is 1. The number of ether oxygens (including phenoxy) is 1. The van der Waals surface area contributed by atoms with Gasteiger partial charge in [0.25, 0.3) is 0 Å². The number of hydrogen-bond donors (Lipinski definition) is 1. The summed E-state index contributed by atoms with van der Waals surface area (Å²) in [6.07, 6.45) is 2.45. The van der Waals surface area contributed by atoms with E-state index in [1.165, 1.54) is 18.4 Å². The lowest BCUT2D eigenvalue weighted by molar-refractivity contribution is 0.409. The number of aliphatic imine (C=N–C) groups is 1. The van der Waals surface area contributed by atoms with Gasteiger partial charge in [-0.3, -0.25) is 0 Å². The minimum atomic E-state index is 0. The van der Waals surface area contributed by atoms with Gasteiger partial charge in [0.2, 0.25) is 0 Å². The lowest BCUT2D eigenvalue weighted by Gasteiger charge is -2.17. The number of benzene rings is 1. The topological polar surface area (TPSA) is 50.9 Å². The fourth-order valence-corrected chi connectivity index (χ4v) is 1.91. The molecule has 0 unspecified atom stereocenters. The summed E-state index contributed by atoms with van der Waals surface area (Å²) in [5.41, 5.74) is 8.21. The van der Waals surface area contributed by atoms with Crippen LogP contribution in [0.1, 0.15) is 24.0 Å². The van der Waals surface area contributed by atoms with E-state index in [0.29, 0.717) is 18.5 Å². The molecule has 0 aromatic heterocycles. The quantitative estimate of drug-likeness (QED) is 0.500. The van der Waals surface area contributed by atoms with Crippen LogP contribution < -0.4 is 10.5 Å². The van der Waals surface area contributed by atoms with E-state index in [4.69, 9.17) is 10.5 Å². The highest BCUT2D eigenvalue weighted by atomic mass is 127. The molecule has 106 valence electrons. The minimum absolute atomic E-state index is 0. The van der Waals surface area contributed by atoms with Crippen molar-refractivity contribution in [2.45, 2.75) is 32.4 Å². The van der Waals surface area contributed by atoms with Gasteiger partial charge < -0.3 is 15.4 Å². The maximum absolute atomic E-state index is 5.96. The highest BCUT2D eigenvalue weighted by Crippen LogP contribution is 2.25. The predicted molar refractivity (Wildman–Crippen MR) is 89.3 cm³/mol. The first-order valence-electron chi connectivity index (χ1n) is 6.28. The Hall–Kier alpha value is -0.980. The van der Waals surface area contributed by atoms with Crippen molar-refractivity contribution >= 4 is 29.9 Å². The second-order valence-corrected chi connectivity index (χ2v) is 4.83. The first-order valence-corrected chi connectivity index (χ1v) is 6.28. The van der Waals surface area contributed by atoms with Crippen molar-refractivity contribution in [3.05, 3.63) is 29.3 Å². The molecule has 1 aromatic carbocycles. The molecule has 1 aliphatic carbocycles. The fourth-order valence-electron chi connectivity index (χ4n) is 1.91. The van der Waals surface area contributed by atoms with Gasteiger partial charge in [-0.1, -0.05) is 12.1 Å². The van der Waals surface area contributed by atoms with E-state index < -0.39 is 0 Å². The maximum Gasteiger partial charge on any atom is 0.191 e. The van der Waals surface area contributed by atoms with Crippen LogP contribution in [0.5, 0.6) is 5.75 Å². The average Bonchev–Trinajstić information content (AvgIpc) is 3.20. The van der Waals surface area contributed by atoms with E-state index >= 15 is 0 Å². The summed E-state index contributed by atoms with van der Waals surface area (Å²) in [5, 5.41) is 0. The van der Waals surface area contributed by atoms with Crippen molar-refractivity contribution in [2.24, 2.45) is 10.7 Å². The second kappa shape index (κ2) is 6.98. The predicted octanol–water partition coefficient (Wildman–Crippen LogP) is 2.53. The number of guanidine groups is 1. The highest BCUT2D eigenvalue weighted by molar-refractivity contribution is 14.0. The average molecular weight is 375 g/mol. The van der Waals surface area contributed by atoms with Crippen LogP contribution in [0.2, 0.25) is 0 Å². The van der Waals surface area contributed by atoms with E-state index in [9.17, 15) is 0 Å². The number of aryl methyl sites for hydroxylation is 1. The van der Waals surface area contributed by atoms with Gasteiger partial charge in [0.1, 0.15) is 5.75 Å². The van der Waals surface area contributed by atoms with E-state index in [-0.39, 0.29) is 24.0 Å². The zero-order valence-corrected chi connectivity index (χ0v) is 14.0. The van der Waals surface area contributed by atoms with Crippen molar-refractivity contribution in [3.8, 4) is 5.75 Å². The summed E-state index contributed by atoms with van der Waals surface area (Å²) in [5.74, 6) is 1.49. The van der Waals surface area contributed by atoms with Gasteiger partial charge in [0.15, 0.2) is 5.96 Å². The smallest absolute Gasteiger partial charge is 0.191 e. The van der Waals surface area contributed by atoms with Crippen molar-refractivity contribution in [3.63, 3.8) is 0 Å². The molecular weight excluding hydrogens is 353 g/mol. The Morgan fingerprint density at radius 3 is 2.74 bits per heavy atom. The Labute approximate surface area is 132 Å². The number of rotatable bonds is 4. The van der Waals surface area contributed by atoms with Gasteiger partial charge in [0.05, 0.1) is 13.7 Å². The second-order valence-electron chi connectivity index (χ2n) is 4.83. The highest BCUT2D eigenvalue weighted by Gasteiger charge is 2.27. The Bertz CT molecular complexity index is 458. The normalized spacial score (nSPS) is 14.8. The minimum Gasteiger partial charge on any atom is -0.496 e. The van der Waals surface area contributed by atoms with Crippen LogP contribution in [0.15, 0.2) is 23.2 Å². The molecule has 0 aliphatic heterocycles. The van der Waals surface area contributed by atoms with Crippen LogP contribution in [-0.4, -0.2) is 31.1 Å². The molecule has 0 spiro atoms. The molecule has 1 saturated carbocycles. The van der Waals surface area contributed by atoms with Crippen LogP contribution in [0.4, 0.5) is 0 Å². The largest absolute Gasteiger partial charge is 0.496 e. The molecule has 0 bridgehead atoms. The molecule has 1 fully saturated rings. The van der Waals surface area contributed by atoms with Gasteiger partial charge in [0, 0.05) is 18.7 Å². The standard InChI is InChI=1S/C14H21N3O.HI/c1-10-4-5-11(13(8-10)18-3)9-16-14(15)17(2)12-6-7-12;/h4-5,8,12H,6-7,9H2,1-3H3,(H2,15,16);1H. The molecule has 0 heterocycles. The third-order valence-corrected chi connectivity index (χ3v) is 3.31. The fraction of sp³-hybridized carbons (Fsp3) is 0.500. The summed E-state index contributed by atoms with van der Waals surface area (Å²) in [6, 6.07) is 6.72. The molecule has 1 aliphatic rings. The summed E-state index contributed by atoms with van der Waals surface area (Å²) >= 11 is 0. The van der Waals surface area contributed by atoms with Gasteiger partial charge in [-0.2, -0.15) is 0 Å². The summed E-state index contributed by atoms with van der Waals surface area (Å²) in [6.45, 7) is 2.61. The van der Waals surface area contributed by atoms with Crippen molar-refractivity contribution in [2.75, 3.05) is 14.2 Å². The number of hydrogen-bond acceptors (Lipinski definition) is 2. The Morgan fingerprint density at radius 2 is 2.16 bits per heavy atom. The van der Waals surface area contributed by atoms with E-state index in [1.54, 1.807) is 7.11 Å². The molecule has 19 heavy (non-hydrogen) atoms. The summed E-state index contributed by atoms with van der Waals surface area (Å²) in [7, 11) is 3.69. The molecule has 4 nitrogen and oxygen atoms in total. The monoisotopic (exact) mass is 375 g/mol. The molecule has 0 atom stereocenters. The van der Waals surface area contributed by atoms with Gasteiger partial charge >= 0.3 is 0 Å². The zero-order valence-electron chi connectivity index (χ0n) is 11.7. The third-order valence-electron chi connectivity index (χ3n) is 3.31. The Balaban J connectivity index is 0.00000180. The van der Waals surface area contributed by atoms with Crippen LogP contribution in [0.25, 0.3) is 0 Å². The van der Waals surface area contributed by atoms with Crippen molar-refractivity contribution in [1.82, 2.24) is 4.90 Å². The molecule has 0 saturated heterocycles. The number of nitrogens with zero attached hydrogens (tertiary/aromatic N) is 2. The lowest BCUT2D eigenvalue weighted by Crippen LogP contribution is -2.35. The van der Waals surface area contributed by atoms with E-state index in [2.05, 4.69) is 16.0 Å². The first kappa shape index (κ1) is 16.1. The summed E-state index contributed by atoms with van der Waals surface area (Å²) < 4.78 is 5.36. The van der Waals surface area contributed by atoms with E-state index in [0.717, 1.165) is 11.3 Å². The lowest BCUT2D eigenvalue weighted by atomic mass is 10.1. The van der Waals surface area contributed by atoms with Crippen LogP contribution in [0.3, 0.4) is 0 Å². The van der Waals surface area contributed by atoms with Gasteiger partial charge in [-0.05, 0) is 31.4 Å². The first-order chi connectivity index (χ1) is 8.61. The third kappa shape index (κ3) is 4.26.